The zero-order chi connectivity index (χ0) is 40.6. The van der Waals surface area contributed by atoms with E-state index in [1.807, 2.05) is 0 Å². The number of halogens is 5. The molecule has 0 aliphatic carbocycles. The minimum absolute atomic E-state index is 0.0382. The van der Waals surface area contributed by atoms with Gasteiger partial charge in [0.2, 0.25) is 0 Å². The van der Waals surface area contributed by atoms with Gasteiger partial charge in [-0.3, -0.25) is 14.4 Å². The Morgan fingerprint density at radius 2 is 1.14 bits per heavy atom. The maximum atomic E-state index is 14.8. The molecular formula is C38H29F5N6O6S. The number of imide groups is 1. The number of aromatic nitrogens is 2. The van der Waals surface area contributed by atoms with Crippen LogP contribution in [-0.4, -0.2) is 53.2 Å². The molecule has 3 aromatic carbocycles. The van der Waals surface area contributed by atoms with E-state index in [1.54, 1.807) is 13.8 Å². The minimum Gasteiger partial charge on any atom is -0.322 e. The molecule has 1 aliphatic rings. The average molecular weight is 793 g/mol. The Kier molecular flexibility index (Phi) is 10.4. The van der Waals surface area contributed by atoms with Crippen LogP contribution in [0.15, 0.2) is 114 Å². The molecule has 5 amide bonds. The minimum atomic E-state index is -5.74. The highest BCUT2D eigenvalue weighted by molar-refractivity contribution is 7.92. The third-order valence-electron chi connectivity index (χ3n) is 9.41. The first-order valence-corrected chi connectivity index (χ1v) is 18.0. The van der Waals surface area contributed by atoms with E-state index >= 15 is 0 Å². The quantitative estimate of drug-likeness (QED) is 0.101. The molecule has 3 heterocycles. The van der Waals surface area contributed by atoms with Gasteiger partial charge < -0.3 is 16.0 Å². The number of carbonyl (C=O) groups excluding carboxylic acids is 4. The van der Waals surface area contributed by atoms with Crippen molar-refractivity contribution in [3.8, 4) is 0 Å². The van der Waals surface area contributed by atoms with Crippen LogP contribution >= 0.6 is 0 Å². The van der Waals surface area contributed by atoms with Crippen LogP contribution in [0.25, 0.3) is 0 Å². The van der Waals surface area contributed by atoms with Gasteiger partial charge in [0.25, 0.3) is 27.6 Å². The second-order valence-electron chi connectivity index (χ2n) is 12.7. The van der Waals surface area contributed by atoms with Crippen molar-refractivity contribution < 1.29 is 49.5 Å². The molecule has 0 radical (unpaired) electrons. The summed E-state index contributed by atoms with van der Waals surface area (Å²) in [5.41, 5.74) is -6.73. The number of anilines is 3. The molecule has 288 valence electrons. The van der Waals surface area contributed by atoms with Crippen molar-refractivity contribution in [2.45, 2.75) is 41.6 Å². The highest BCUT2D eigenvalue weighted by atomic mass is 32.2. The predicted octanol–water partition coefficient (Wildman–Crippen LogP) is 6.96. The fourth-order valence-corrected chi connectivity index (χ4v) is 7.10. The molecule has 0 bridgehead atoms. The van der Waals surface area contributed by atoms with Crippen LogP contribution in [0.4, 0.5) is 44.1 Å². The van der Waals surface area contributed by atoms with Crippen LogP contribution in [0.5, 0.6) is 0 Å². The van der Waals surface area contributed by atoms with Gasteiger partial charge in [-0.05, 0) is 108 Å². The van der Waals surface area contributed by atoms with Crippen molar-refractivity contribution in [3.05, 3.63) is 143 Å². The summed E-state index contributed by atoms with van der Waals surface area (Å²) in [4.78, 5) is 62.4. The fourth-order valence-electron chi connectivity index (χ4n) is 6.34. The summed E-state index contributed by atoms with van der Waals surface area (Å²) in [7, 11) is -5.74. The van der Waals surface area contributed by atoms with Crippen LogP contribution in [0.2, 0.25) is 0 Å². The third kappa shape index (κ3) is 7.42. The summed E-state index contributed by atoms with van der Waals surface area (Å²) >= 11 is 0. The maximum absolute atomic E-state index is 14.8. The number of pyridine rings is 2. The lowest BCUT2D eigenvalue weighted by Gasteiger charge is -2.39. The van der Waals surface area contributed by atoms with Crippen LogP contribution in [-0.2, 0) is 14.6 Å². The van der Waals surface area contributed by atoms with Gasteiger partial charge in [-0.2, -0.15) is 13.2 Å². The molecule has 2 atom stereocenters. The van der Waals surface area contributed by atoms with Crippen molar-refractivity contribution in [2.75, 3.05) is 15.5 Å². The summed E-state index contributed by atoms with van der Waals surface area (Å²) in [5.74, 6) is -5.06. The van der Waals surface area contributed by atoms with Crippen LogP contribution in [0.3, 0.4) is 0 Å². The first-order valence-electron chi connectivity index (χ1n) is 16.6. The molecule has 0 saturated carbocycles. The molecule has 12 nitrogen and oxygen atoms in total. The number of carbonyl (C=O) groups is 4. The smallest absolute Gasteiger partial charge is 0.322 e. The highest BCUT2D eigenvalue weighted by Crippen LogP contribution is 2.45. The summed E-state index contributed by atoms with van der Waals surface area (Å²) in [6.07, 6.45) is 2.69. The number of nitrogens with one attached hydrogen (secondary N) is 3. The van der Waals surface area contributed by atoms with Crippen LogP contribution in [0, 0.1) is 11.6 Å². The number of hydrogen-bond donors (Lipinski definition) is 3. The Morgan fingerprint density at radius 1 is 0.714 bits per heavy atom. The van der Waals surface area contributed by atoms with Gasteiger partial charge in [-0.1, -0.05) is 13.8 Å². The topological polar surface area (TPSA) is 168 Å². The van der Waals surface area contributed by atoms with E-state index in [0.717, 1.165) is 36.4 Å². The Morgan fingerprint density at radius 3 is 1.55 bits per heavy atom. The van der Waals surface area contributed by atoms with Gasteiger partial charge >= 0.3 is 11.5 Å². The molecule has 6 rings (SSSR count). The monoisotopic (exact) mass is 792 g/mol. The first-order chi connectivity index (χ1) is 26.4. The van der Waals surface area contributed by atoms with Crippen molar-refractivity contribution in [2.24, 2.45) is 0 Å². The molecule has 1 aliphatic heterocycles. The van der Waals surface area contributed by atoms with Gasteiger partial charge in [0, 0.05) is 35.4 Å². The average Bonchev–Trinajstić information content (AvgIpc) is 3.44. The predicted molar refractivity (Wildman–Crippen MR) is 192 cm³/mol. The van der Waals surface area contributed by atoms with E-state index in [2.05, 4.69) is 25.9 Å². The molecule has 2 unspecified atom stereocenters. The number of hydrogen-bond acceptors (Lipinski definition) is 8. The summed E-state index contributed by atoms with van der Waals surface area (Å²) in [5, 5.41) is 7.98. The largest absolute Gasteiger partial charge is 0.501 e. The third-order valence-corrected chi connectivity index (χ3v) is 10.9. The van der Waals surface area contributed by atoms with Gasteiger partial charge in [0.1, 0.15) is 28.8 Å². The lowest BCUT2D eigenvalue weighted by molar-refractivity contribution is -0.123. The first kappa shape index (κ1) is 39.1. The fraction of sp³-hybridized carbons (Fsp3) is 0.158. The second-order valence-corrected chi connectivity index (χ2v) is 14.6. The molecule has 56 heavy (non-hydrogen) atoms. The zero-order valence-corrected chi connectivity index (χ0v) is 30.0. The van der Waals surface area contributed by atoms with Crippen molar-refractivity contribution >= 4 is 50.9 Å². The Bertz CT molecular complexity index is 2340. The number of rotatable bonds is 10. The van der Waals surface area contributed by atoms with E-state index in [-0.39, 0.29) is 28.5 Å². The number of urea groups is 1. The van der Waals surface area contributed by atoms with Crippen LogP contribution in [0.1, 0.15) is 57.5 Å². The molecule has 3 N–H and O–H groups in total. The Labute approximate surface area is 315 Å². The number of sulfone groups is 1. The van der Waals surface area contributed by atoms with E-state index in [4.69, 9.17) is 0 Å². The lowest BCUT2D eigenvalue weighted by atomic mass is 9.70. The van der Waals surface area contributed by atoms with Gasteiger partial charge in [-0.15, -0.1) is 0 Å². The van der Waals surface area contributed by atoms with E-state index < -0.39 is 73.0 Å². The number of benzene rings is 3. The van der Waals surface area contributed by atoms with Gasteiger partial charge in [-0.25, -0.2) is 36.9 Å². The Hall–Kier alpha value is -6.56. The summed E-state index contributed by atoms with van der Waals surface area (Å²) in [6.45, 7) is 3.22. The highest BCUT2D eigenvalue weighted by Gasteiger charge is 2.59. The molecule has 1 saturated heterocycles. The molecule has 18 heteroatoms. The number of nitrogens with zero attached hydrogens (tertiary/aromatic N) is 3. The summed E-state index contributed by atoms with van der Waals surface area (Å²) < 4.78 is 90.7. The van der Waals surface area contributed by atoms with Crippen molar-refractivity contribution in [1.29, 1.82) is 0 Å². The van der Waals surface area contributed by atoms with Gasteiger partial charge in [0.05, 0.1) is 10.6 Å². The molecular weight excluding hydrogens is 764 g/mol. The van der Waals surface area contributed by atoms with Crippen LogP contribution < -0.4 is 20.9 Å². The second kappa shape index (κ2) is 14.9. The van der Waals surface area contributed by atoms with Crippen molar-refractivity contribution in [3.63, 3.8) is 0 Å². The summed E-state index contributed by atoms with van der Waals surface area (Å²) in [6, 6.07) is 17.5. The molecule has 0 spiro atoms. The number of alkyl halides is 3. The number of amides is 5. The van der Waals surface area contributed by atoms with E-state index in [1.165, 1.54) is 60.9 Å². The molecule has 2 aromatic heterocycles. The van der Waals surface area contributed by atoms with E-state index in [9.17, 15) is 49.5 Å². The zero-order valence-electron chi connectivity index (χ0n) is 29.1. The SMILES string of the molecule is CC(c1ccnc(NC(=O)c2ccc(F)cc2)c1)C1(C(C)c2ccnc(NC(=O)c3ccc(F)cc3)c2)NC(=O)N(c2ccc(S(=O)(=O)C(F)(F)F)cc2)C1=O. The molecule has 1 fully saturated rings. The standard InChI is InChI=1S/C38H29F5N6O6S/c1-21(25-15-17-44-31(19-25)46-33(50)23-3-7-27(39)8-4-23)37(22(2)26-16-18-45-32(20-26)47-34(51)24-5-9-28(40)10-6-24)35(52)49(36(53)48-37)29-11-13-30(14-12-29)56(54,55)38(41,42)43/h3-22H,1-2H3,(H,48,53)(H,44,46,50)(H,45,47,51). The maximum Gasteiger partial charge on any atom is 0.501 e. The normalized spacial score (nSPS) is 16.9. The van der Waals surface area contributed by atoms with Crippen molar-refractivity contribution in [1.82, 2.24) is 15.3 Å². The van der Waals surface area contributed by atoms with E-state index in [0.29, 0.717) is 28.2 Å². The van der Waals surface area contributed by atoms with Gasteiger partial charge in [0.15, 0.2) is 0 Å². The Balaban J connectivity index is 1.38. The lowest BCUT2D eigenvalue weighted by Crippen LogP contribution is -2.55. The molecule has 5 aromatic rings.